The summed E-state index contributed by atoms with van der Waals surface area (Å²) in [5, 5.41) is -0.0277. The maximum absolute atomic E-state index is 13.4. The summed E-state index contributed by atoms with van der Waals surface area (Å²) in [5.41, 5.74) is 7.24. The van der Waals surface area contributed by atoms with E-state index in [2.05, 4.69) is 0 Å². The Kier molecular flexibility index (Phi) is 4.90. The lowest BCUT2D eigenvalue weighted by Crippen LogP contribution is -2.47. The number of hydrogen-bond acceptors (Lipinski definition) is 3. The third-order valence-electron chi connectivity index (χ3n) is 4.13. The average molecular weight is 363 g/mol. The van der Waals surface area contributed by atoms with Crippen LogP contribution in [0.1, 0.15) is 17.2 Å². The molecule has 0 fully saturated rings. The van der Waals surface area contributed by atoms with Crippen molar-refractivity contribution in [2.75, 3.05) is 13.2 Å². The maximum Gasteiger partial charge on any atom is 0.261 e. The molecule has 0 saturated carbocycles. The molecule has 7 heteroatoms. The van der Waals surface area contributed by atoms with E-state index in [0.717, 1.165) is 17.2 Å². The molecule has 0 aliphatic carbocycles. The van der Waals surface area contributed by atoms with Crippen LogP contribution in [0.25, 0.3) is 0 Å². The summed E-state index contributed by atoms with van der Waals surface area (Å²) >= 11 is 5.61. The van der Waals surface area contributed by atoms with E-state index in [0.29, 0.717) is 13.0 Å². The van der Waals surface area contributed by atoms with Gasteiger partial charge in [0.05, 0.1) is 5.02 Å². The van der Waals surface area contributed by atoms with E-state index in [9.17, 15) is 14.0 Å². The van der Waals surface area contributed by atoms with Crippen molar-refractivity contribution in [1.82, 2.24) is 4.90 Å². The topological polar surface area (TPSA) is 72.6 Å². The van der Waals surface area contributed by atoms with Crippen LogP contribution in [0.5, 0.6) is 5.75 Å². The van der Waals surface area contributed by atoms with Crippen LogP contribution in [0, 0.1) is 5.82 Å². The van der Waals surface area contributed by atoms with Gasteiger partial charge >= 0.3 is 0 Å². The van der Waals surface area contributed by atoms with Crippen LogP contribution in [-0.4, -0.2) is 29.9 Å². The minimum Gasteiger partial charge on any atom is -0.484 e. The highest BCUT2D eigenvalue weighted by Crippen LogP contribution is 2.29. The molecule has 1 heterocycles. The Morgan fingerprint density at radius 3 is 2.76 bits per heavy atom. The molecule has 2 N–H and O–H groups in total. The van der Waals surface area contributed by atoms with E-state index < -0.39 is 23.7 Å². The number of halogens is 2. The summed E-state index contributed by atoms with van der Waals surface area (Å²) in [5.74, 6) is -1.44. The summed E-state index contributed by atoms with van der Waals surface area (Å²) in [6, 6.07) is 10.5. The Morgan fingerprint density at radius 2 is 2.04 bits per heavy atom. The van der Waals surface area contributed by atoms with E-state index in [-0.39, 0.29) is 17.4 Å². The first-order valence-corrected chi connectivity index (χ1v) is 8.09. The zero-order valence-electron chi connectivity index (χ0n) is 13.2. The fraction of sp³-hybridized carbons (Fsp3) is 0.222. The Balaban J connectivity index is 1.75. The quantitative estimate of drug-likeness (QED) is 0.908. The van der Waals surface area contributed by atoms with Gasteiger partial charge in [0.25, 0.3) is 5.91 Å². The number of fused-ring (bicyclic) bond motifs is 1. The summed E-state index contributed by atoms with van der Waals surface area (Å²) < 4.78 is 18.8. The normalized spacial score (nSPS) is 16.2. The van der Waals surface area contributed by atoms with E-state index in [1.807, 2.05) is 12.1 Å². The summed E-state index contributed by atoms with van der Waals surface area (Å²) in [7, 11) is 0. The second-order valence-electron chi connectivity index (χ2n) is 5.71. The molecule has 0 bridgehead atoms. The van der Waals surface area contributed by atoms with Crippen LogP contribution in [0.3, 0.4) is 0 Å². The van der Waals surface area contributed by atoms with Crippen LogP contribution in [0.15, 0.2) is 42.5 Å². The molecular formula is C18H16ClFN2O3. The number of nitrogens with zero attached hydrogens (tertiary/aromatic N) is 1. The minimum absolute atomic E-state index is 0.0277. The molecule has 0 spiro atoms. The first-order valence-electron chi connectivity index (χ1n) is 7.72. The molecule has 0 saturated heterocycles. The fourth-order valence-electron chi connectivity index (χ4n) is 2.94. The van der Waals surface area contributed by atoms with Crippen molar-refractivity contribution < 1.29 is 18.7 Å². The van der Waals surface area contributed by atoms with Crippen molar-refractivity contribution >= 4 is 23.4 Å². The van der Waals surface area contributed by atoms with Crippen molar-refractivity contribution in [1.29, 1.82) is 0 Å². The van der Waals surface area contributed by atoms with Gasteiger partial charge in [0, 0.05) is 12.6 Å². The largest absolute Gasteiger partial charge is 0.484 e. The highest BCUT2D eigenvalue weighted by molar-refractivity contribution is 6.30. The van der Waals surface area contributed by atoms with Gasteiger partial charge in [-0.25, -0.2) is 4.39 Å². The lowest BCUT2D eigenvalue weighted by Gasteiger charge is -2.35. The predicted octanol–water partition coefficient (Wildman–Crippen LogP) is 2.47. The van der Waals surface area contributed by atoms with Gasteiger partial charge in [-0.2, -0.15) is 0 Å². The number of primary amides is 1. The highest BCUT2D eigenvalue weighted by Gasteiger charge is 2.34. The van der Waals surface area contributed by atoms with Crippen LogP contribution in [0.4, 0.5) is 4.39 Å². The number of nitrogens with two attached hydrogens (primary N) is 1. The number of carbonyl (C=O) groups is 2. The molecule has 2 amide bonds. The van der Waals surface area contributed by atoms with Crippen LogP contribution in [0.2, 0.25) is 5.02 Å². The monoisotopic (exact) mass is 362 g/mol. The second kappa shape index (κ2) is 7.11. The van der Waals surface area contributed by atoms with Crippen molar-refractivity contribution in [3.63, 3.8) is 0 Å². The summed E-state index contributed by atoms with van der Waals surface area (Å²) in [4.78, 5) is 25.8. The summed E-state index contributed by atoms with van der Waals surface area (Å²) in [6.07, 6.45) is 0.626. The first kappa shape index (κ1) is 17.2. The van der Waals surface area contributed by atoms with Crippen molar-refractivity contribution in [2.24, 2.45) is 5.73 Å². The molecule has 5 nitrogen and oxygen atoms in total. The molecule has 25 heavy (non-hydrogen) atoms. The van der Waals surface area contributed by atoms with Gasteiger partial charge in [-0.15, -0.1) is 0 Å². The fourth-order valence-corrected chi connectivity index (χ4v) is 3.05. The van der Waals surface area contributed by atoms with Crippen molar-refractivity contribution in [2.45, 2.75) is 12.5 Å². The van der Waals surface area contributed by atoms with E-state index >= 15 is 0 Å². The van der Waals surface area contributed by atoms with Crippen molar-refractivity contribution in [3.8, 4) is 5.75 Å². The molecule has 3 rings (SSSR count). The number of ether oxygens (including phenoxy) is 1. The molecule has 1 atom stereocenters. The molecular weight excluding hydrogens is 347 g/mol. The van der Waals surface area contributed by atoms with E-state index in [1.54, 1.807) is 12.1 Å². The average Bonchev–Trinajstić information content (AvgIpc) is 2.61. The van der Waals surface area contributed by atoms with Crippen LogP contribution in [-0.2, 0) is 16.0 Å². The molecule has 1 aliphatic heterocycles. The van der Waals surface area contributed by atoms with Gasteiger partial charge in [0.2, 0.25) is 5.91 Å². The van der Waals surface area contributed by atoms with Crippen molar-refractivity contribution in [3.05, 3.63) is 64.4 Å². The third-order valence-corrected chi connectivity index (χ3v) is 4.43. The smallest absolute Gasteiger partial charge is 0.261 e. The van der Waals surface area contributed by atoms with Crippen LogP contribution >= 0.6 is 11.6 Å². The maximum atomic E-state index is 13.4. The third kappa shape index (κ3) is 3.58. The predicted molar refractivity (Wildman–Crippen MR) is 90.7 cm³/mol. The van der Waals surface area contributed by atoms with Gasteiger partial charge in [-0.3, -0.25) is 9.59 Å². The second-order valence-corrected chi connectivity index (χ2v) is 6.11. The Hall–Kier alpha value is -2.60. The Labute approximate surface area is 149 Å². The van der Waals surface area contributed by atoms with Gasteiger partial charge < -0.3 is 15.4 Å². The van der Waals surface area contributed by atoms with Gasteiger partial charge in [0.1, 0.15) is 17.6 Å². The molecule has 0 radical (unpaired) electrons. The molecule has 2 aromatic rings. The molecule has 2 aromatic carbocycles. The molecule has 1 unspecified atom stereocenters. The number of benzene rings is 2. The summed E-state index contributed by atoms with van der Waals surface area (Å²) in [6.45, 7) is 0.0365. The van der Waals surface area contributed by atoms with Gasteiger partial charge in [-0.1, -0.05) is 35.9 Å². The zero-order valence-corrected chi connectivity index (χ0v) is 14.0. The number of amides is 2. The minimum atomic E-state index is -0.831. The van der Waals surface area contributed by atoms with E-state index in [4.69, 9.17) is 22.1 Å². The molecule has 130 valence electrons. The molecule has 1 aliphatic rings. The number of carbonyl (C=O) groups excluding carboxylic acids is 2. The number of rotatable bonds is 4. The molecule has 0 aromatic heterocycles. The SMILES string of the molecule is NC(=O)C1c2ccccc2CCN1C(=O)COc1ccc(Cl)c(F)c1. The lowest BCUT2D eigenvalue weighted by molar-refractivity contribution is -0.141. The van der Waals surface area contributed by atoms with Gasteiger partial charge in [-0.05, 0) is 29.7 Å². The highest BCUT2D eigenvalue weighted by atomic mass is 35.5. The first-order chi connectivity index (χ1) is 12.0. The Morgan fingerprint density at radius 1 is 1.28 bits per heavy atom. The zero-order chi connectivity index (χ0) is 18.0. The van der Waals surface area contributed by atoms with Crippen LogP contribution < -0.4 is 10.5 Å². The van der Waals surface area contributed by atoms with Gasteiger partial charge in [0.15, 0.2) is 6.61 Å². The van der Waals surface area contributed by atoms with E-state index in [1.165, 1.54) is 17.0 Å². The number of hydrogen-bond donors (Lipinski definition) is 1. The standard InChI is InChI=1S/C18H16ClFN2O3/c19-14-6-5-12(9-15(14)20)25-10-16(23)22-8-7-11-3-1-2-4-13(11)17(22)18(21)24/h1-6,9,17H,7-8,10H2,(H2,21,24). The lowest BCUT2D eigenvalue weighted by atomic mass is 9.92. The Bertz CT molecular complexity index is 828.